The molecule has 0 N–H and O–H groups in total. The predicted molar refractivity (Wildman–Crippen MR) is 54.0 cm³/mol. The monoisotopic (exact) mass is 170 g/mol. The average molecular weight is 170 g/mol. The van der Waals surface area contributed by atoms with Crippen molar-refractivity contribution in [3.05, 3.63) is 0 Å². The van der Waals surface area contributed by atoms with Gasteiger partial charge in [0.1, 0.15) is 0 Å². The van der Waals surface area contributed by atoms with Crippen molar-refractivity contribution < 1.29 is 4.48 Å². The molecular weight excluding hydrogens is 146 g/mol. The molecule has 1 rings (SSSR count). The highest BCUT2D eigenvalue weighted by atomic mass is 15.4. The fourth-order valence-electron chi connectivity index (χ4n) is 2.25. The number of likely N-dealkylation sites (tertiary alicyclic amines) is 1. The normalized spacial score (nSPS) is 35.5. The van der Waals surface area contributed by atoms with Crippen LogP contribution in [-0.4, -0.2) is 30.2 Å². The minimum Gasteiger partial charge on any atom is -0.321 e. The highest BCUT2D eigenvalue weighted by molar-refractivity contribution is 4.74. The minimum atomic E-state index is 0.416. The van der Waals surface area contributed by atoms with Gasteiger partial charge in [-0.1, -0.05) is 13.8 Å². The fourth-order valence-corrected chi connectivity index (χ4v) is 2.25. The zero-order chi connectivity index (χ0) is 9.57. The van der Waals surface area contributed by atoms with E-state index >= 15 is 0 Å². The van der Waals surface area contributed by atoms with E-state index < -0.39 is 0 Å². The third kappa shape index (κ3) is 1.52. The maximum Gasteiger partial charge on any atom is 0.0905 e. The Labute approximate surface area is 77.4 Å². The summed E-state index contributed by atoms with van der Waals surface area (Å²) in [5, 5.41) is 0. The molecule has 0 saturated carbocycles. The molecule has 0 spiro atoms. The van der Waals surface area contributed by atoms with Gasteiger partial charge < -0.3 is 4.48 Å². The van der Waals surface area contributed by atoms with Crippen LogP contribution in [0.15, 0.2) is 0 Å². The van der Waals surface area contributed by atoms with E-state index in [4.69, 9.17) is 0 Å². The maximum atomic E-state index is 2.40. The molecule has 0 unspecified atom stereocenters. The van der Waals surface area contributed by atoms with Crippen LogP contribution >= 0.6 is 0 Å². The summed E-state index contributed by atoms with van der Waals surface area (Å²) in [5.41, 5.74) is 0.416. The first-order valence-electron chi connectivity index (χ1n) is 5.11. The SMILES string of the molecule is C[C@H]1C[N+](C)(C(C)(C)C)C[C@@H]1C. The van der Waals surface area contributed by atoms with Crippen molar-refractivity contribution >= 4 is 0 Å². The molecule has 72 valence electrons. The molecule has 1 saturated heterocycles. The van der Waals surface area contributed by atoms with Crippen molar-refractivity contribution in [2.45, 2.75) is 40.2 Å². The van der Waals surface area contributed by atoms with Crippen molar-refractivity contribution in [1.29, 1.82) is 0 Å². The molecule has 1 nitrogen and oxygen atoms in total. The molecule has 0 bridgehead atoms. The molecule has 0 aromatic rings. The van der Waals surface area contributed by atoms with Gasteiger partial charge in [-0.15, -0.1) is 0 Å². The van der Waals surface area contributed by atoms with E-state index in [1.807, 2.05) is 0 Å². The van der Waals surface area contributed by atoms with Gasteiger partial charge in [0, 0.05) is 11.8 Å². The second kappa shape index (κ2) is 2.73. The molecule has 0 aromatic heterocycles. The number of hydrogen-bond donors (Lipinski definition) is 0. The van der Waals surface area contributed by atoms with Crippen molar-refractivity contribution in [3.63, 3.8) is 0 Å². The predicted octanol–water partition coefficient (Wildman–Crippen LogP) is 2.52. The molecule has 1 aliphatic rings. The quantitative estimate of drug-likeness (QED) is 0.490. The Bertz CT molecular complexity index is 156. The fraction of sp³-hybridized carbons (Fsp3) is 1.00. The number of nitrogens with zero attached hydrogens (tertiary/aromatic N) is 1. The Balaban J connectivity index is 2.77. The van der Waals surface area contributed by atoms with Crippen molar-refractivity contribution in [2.24, 2.45) is 11.8 Å². The first kappa shape index (κ1) is 10.0. The Kier molecular flexibility index (Phi) is 2.28. The lowest BCUT2D eigenvalue weighted by atomic mass is 10.0. The lowest BCUT2D eigenvalue weighted by Crippen LogP contribution is -2.55. The van der Waals surface area contributed by atoms with E-state index in [1.54, 1.807) is 0 Å². The molecule has 0 aliphatic carbocycles. The van der Waals surface area contributed by atoms with E-state index in [0.717, 1.165) is 11.8 Å². The second-order valence-corrected chi connectivity index (χ2v) is 5.89. The summed E-state index contributed by atoms with van der Waals surface area (Å²) in [7, 11) is 2.40. The summed E-state index contributed by atoms with van der Waals surface area (Å²) < 4.78 is 1.25. The van der Waals surface area contributed by atoms with Crippen LogP contribution in [0.4, 0.5) is 0 Å². The van der Waals surface area contributed by atoms with E-state index in [9.17, 15) is 0 Å². The highest BCUT2D eigenvalue weighted by Gasteiger charge is 2.45. The molecule has 1 heteroatoms. The van der Waals surface area contributed by atoms with Gasteiger partial charge in [0.2, 0.25) is 0 Å². The van der Waals surface area contributed by atoms with Gasteiger partial charge >= 0.3 is 0 Å². The first-order chi connectivity index (χ1) is 5.26. The molecule has 0 radical (unpaired) electrons. The third-order valence-electron chi connectivity index (χ3n) is 3.97. The first-order valence-corrected chi connectivity index (χ1v) is 5.11. The molecule has 12 heavy (non-hydrogen) atoms. The van der Waals surface area contributed by atoms with Crippen LogP contribution in [-0.2, 0) is 0 Å². The second-order valence-electron chi connectivity index (χ2n) is 5.89. The summed E-state index contributed by atoms with van der Waals surface area (Å²) in [4.78, 5) is 0. The van der Waals surface area contributed by atoms with Crippen LogP contribution < -0.4 is 0 Å². The van der Waals surface area contributed by atoms with Gasteiger partial charge in [0.25, 0.3) is 0 Å². The number of hydrogen-bond acceptors (Lipinski definition) is 0. The largest absolute Gasteiger partial charge is 0.321 e. The highest BCUT2D eigenvalue weighted by Crippen LogP contribution is 2.34. The van der Waals surface area contributed by atoms with Crippen LogP contribution in [0.3, 0.4) is 0 Å². The van der Waals surface area contributed by atoms with Crippen LogP contribution in [0, 0.1) is 11.8 Å². The lowest BCUT2D eigenvalue weighted by molar-refractivity contribution is -0.944. The van der Waals surface area contributed by atoms with E-state index in [-0.39, 0.29) is 0 Å². The Hall–Kier alpha value is -0.0400. The number of rotatable bonds is 0. The summed E-state index contributed by atoms with van der Waals surface area (Å²) in [6, 6.07) is 0. The van der Waals surface area contributed by atoms with Crippen LogP contribution in [0.5, 0.6) is 0 Å². The molecular formula is C11H24N+. The minimum absolute atomic E-state index is 0.416. The Morgan fingerprint density at radius 1 is 1.00 bits per heavy atom. The maximum absolute atomic E-state index is 2.40. The van der Waals surface area contributed by atoms with Crippen molar-refractivity contribution in [2.75, 3.05) is 20.1 Å². The zero-order valence-electron chi connectivity index (χ0n) is 9.52. The molecule has 0 amide bonds. The van der Waals surface area contributed by atoms with Gasteiger partial charge in [0.15, 0.2) is 0 Å². The van der Waals surface area contributed by atoms with Gasteiger partial charge in [-0.2, -0.15) is 0 Å². The van der Waals surface area contributed by atoms with Gasteiger partial charge in [-0.05, 0) is 20.8 Å². The summed E-state index contributed by atoms with van der Waals surface area (Å²) in [6.07, 6.45) is 0. The van der Waals surface area contributed by atoms with Crippen molar-refractivity contribution in [1.82, 2.24) is 0 Å². The molecule has 1 fully saturated rings. The lowest BCUT2D eigenvalue weighted by Gasteiger charge is -2.42. The molecule has 1 heterocycles. The van der Waals surface area contributed by atoms with Crippen LogP contribution in [0.2, 0.25) is 0 Å². The van der Waals surface area contributed by atoms with Crippen LogP contribution in [0.25, 0.3) is 0 Å². The summed E-state index contributed by atoms with van der Waals surface area (Å²) in [5.74, 6) is 1.79. The Morgan fingerprint density at radius 3 is 1.50 bits per heavy atom. The molecule has 2 atom stereocenters. The van der Waals surface area contributed by atoms with Gasteiger partial charge in [-0.25, -0.2) is 0 Å². The van der Waals surface area contributed by atoms with Gasteiger partial charge in [-0.3, -0.25) is 0 Å². The summed E-state index contributed by atoms with van der Waals surface area (Å²) >= 11 is 0. The smallest absolute Gasteiger partial charge is 0.0905 e. The third-order valence-corrected chi connectivity index (χ3v) is 3.97. The van der Waals surface area contributed by atoms with E-state index in [1.165, 1.54) is 17.6 Å². The number of quaternary nitrogens is 1. The zero-order valence-corrected chi connectivity index (χ0v) is 9.52. The average Bonchev–Trinajstić information content (AvgIpc) is 2.06. The van der Waals surface area contributed by atoms with Crippen molar-refractivity contribution in [3.8, 4) is 0 Å². The van der Waals surface area contributed by atoms with Crippen LogP contribution in [0.1, 0.15) is 34.6 Å². The van der Waals surface area contributed by atoms with E-state index in [0.29, 0.717) is 5.54 Å². The Morgan fingerprint density at radius 2 is 1.33 bits per heavy atom. The topological polar surface area (TPSA) is 0 Å². The molecule has 1 aliphatic heterocycles. The van der Waals surface area contributed by atoms with Gasteiger partial charge in [0.05, 0.1) is 25.7 Å². The molecule has 0 aromatic carbocycles. The standard InChI is InChI=1S/C11H24N/c1-9-7-12(6,8-10(9)2)11(3,4)5/h9-10H,7-8H2,1-6H3/q+1/t9-,10-/m0/s1. The van der Waals surface area contributed by atoms with E-state index in [2.05, 4.69) is 41.7 Å². The summed E-state index contributed by atoms with van der Waals surface area (Å²) in [6.45, 7) is 14.6.